The van der Waals surface area contributed by atoms with Gasteiger partial charge in [0.05, 0.1) is 15.5 Å². The SMILES string of the molecule is O=C(CN1/C(=C(/O)c2ccc(F)c(Cl)c2)C(=O)c2ccccc2S1(=O)=O)Nc1ccc(C(F)(F)F)cc1. The fraction of sp³-hybridized carbons (Fsp3) is 0.0833. The van der Waals surface area contributed by atoms with Crippen molar-refractivity contribution < 1.29 is 40.7 Å². The molecule has 1 amide bonds. The second-order valence-electron chi connectivity index (χ2n) is 7.79. The van der Waals surface area contributed by atoms with Gasteiger partial charge in [-0.2, -0.15) is 13.2 Å². The molecule has 0 aromatic heterocycles. The van der Waals surface area contributed by atoms with E-state index in [1.807, 2.05) is 0 Å². The molecule has 13 heteroatoms. The molecule has 37 heavy (non-hydrogen) atoms. The van der Waals surface area contributed by atoms with Gasteiger partial charge in [-0.25, -0.2) is 17.1 Å². The summed E-state index contributed by atoms with van der Waals surface area (Å²) in [6.07, 6.45) is -4.60. The number of Topliss-reactive ketones (excluding diaryl/α,β-unsaturated/α-hetero) is 1. The first-order chi connectivity index (χ1) is 17.3. The second-order valence-corrected chi connectivity index (χ2v) is 10.0. The number of allylic oxidation sites excluding steroid dienone is 1. The molecular formula is C24H15ClF4N2O5S. The normalized spacial score (nSPS) is 16.2. The lowest BCUT2D eigenvalue weighted by molar-refractivity contribution is -0.137. The maximum atomic E-state index is 13.6. The maximum Gasteiger partial charge on any atom is 0.416 e. The molecule has 192 valence electrons. The second kappa shape index (κ2) is 9.52. The Labute approximate surface area is 212 Å². The molecule has 1 aliphatic rings. The number of halogens is 5. The number of sulfonamides is 1. The number of aliphatic hydroxyl groups excluding tert-OH is 1. The Hall–Kier alpha value is -3.90. The third kappa shape index (κ3) is 5.02. The van der Waals surface area contributed by atoms with Crippen LogP contribution in [-0.2, 0) is 21.0 Å². The predicted molar refractivity (Wildman–Crippen MR) is 126 cm³/mol. The minimum atomic E-state index is -4.60. The number of aliphatic hydroxyl groups is 1. The van der Waals surface area contributed by atoms with Crippen LogP contribution in [0.2, 0.25) is 5.02 Å². The standard InChI is InChI=1S/C24H15ClF4N2O5S/c25-17-11-13(5-10-18(17)26)22(33)21-23(34)16-3-1-2-4-19(16)37(35,36)31(21)12-20(32)30-15-8-6-14(7-9-15)24(27,28)29/h1-11,33H,12H2,(H,30,32)/b22-21+. The Morgan fingerprint density at radius 2 is 1.68 bits per heavy atom. The molecule has 3 aromatic rings. The molecule has 0 bridgehead atoms. The van der Waals surface area contributed by atoms with E-state index in [-0.39, 0.29) is 16.8 Å². The van der Waals surface area contributed by atoms with Crippen LogP contribution >= 0.6 is 11.6 Å². The lowest BCUT2D eigenvalue weighted by atomic mass is 10.0. The number of carbonyl (C=O) groups excluding carboxylic acids is 2. The molecule has 4 rings (SSSR count). The summed E-state index contributed by atoms with van der Waals surface area (Å²) in [5, 5.41) is 12.7. The first kappa shape index (κ1) is 26.2. The lowest BCUT2D eigenvalue weighted by Gasteiger charge is -2.31. The first-order valence-electron chi connectivity index (χ1n) is 10.3. The van der Waals surface area contributed by atoms with Crippen molar-refractivity contribution in [3.63, 3.8) is 0 Å². The van der Waals surface area contributed by atoms with Gasteiger partial charge >= 0.3 is 6.18 Å². The summed E-state index contributed by atoms with van der Waals surface area (Å²) >= 11 is 5.76. The van der Waals surface area contributed by atoms with Gasteiger partial charge in [-0.3, -0.25) is 9.59 Å². The lowest BCUT2D eigenvalue weighted by Crippen LogP contribution is -2.43. The maximum absolute atomic E-state index is 13.6. The average Bonchev–Trinajstić information content (AvgIpc) is 2.84. The zero-order chi connectivity index (χ0) is 27.1. The van der Waals surface area contributed by atoms with E-state index in [9.17, 15) is 40.7 Å². The number of benzene rings is 3. The third-order valence-electron chi connectivity index (χ3n) is 5.36. The molecule has 0 aliphatic carbocycles. The molecule has 0 radical (unpaired) electrons. The van der Waals surface area contributed by atoms with Crippen molar-refractivity contribution >= 4 is 44.8 Å². The van der Waals surface area contributed by atoms with E-state index in [1.54, 1.807) is 0 Å². The number of carbonyl (C=O) groups is 2. The van der Waals surface area contributed by atoms with Crippen LogP contribution in [0.3, 0.4) is 0 Å². The summed E-state index contributed by atoms with van der Waals surface area (Å²) in [6, 6.07) is 11.5. The summed E-state index contributed by atoms with van der Waals surface area (Å²) in [5.74, 6) is -3.67. The summed E-state index contributed by atoms with van der Waals surface area (Å²) in [7, 11) is -4.57. The first-order valence-corrected chi connectivity index (χ1v) is 12.1. The molecule has 2 N–H and O–H groups in total. The summed E-state index contributed by atoms with van der Waals surface area (Å²) < 4.78 is 79.2. The molecule has 0 saturated carbocycles. The van der Waals surface area contributed by atoms with E-state index in [1.165, 1.54) is 18.2 Å². The van der Waals surface area contributed by atoms with Crippen molar-refractivity contribution in [2.24, 2.45) is 0 Å². The minimum Gasteiger partial charge on any atom is -0.505 e. The smallest absolute Gasteiger partial charge is 0.416 e. The van der Waals surface area contributed by atoms with E-state index in [0.717, 1.165) is 48.5 Å². The summed E-state index contributed by atoms with van der Waals surface area (Å²) in [4.78, 5) is 25.6. The molecule has 3 aromatic carbocycles. The van der Waals surface area contributed by atoms with Gasteiger partial charge in [0.15, 0.2) is 5.76 Å². The van der Waals surface area contributed by atoms with Crippen LogP contribution in [0, 0.1) is 5.82 Å². The predicted octanol–water partition coefficient (Wildman–Crippen LogP) is 5.25. The molecule has 7 nitrogen and oxygen atoms in total. The molecule has 0 spiro atoms. The fourth-order valence-corrected chi connectivity index (χ4v) is 5.41. The Morgan fingerprint density at radius 3 is 2.30 bits per heavy atom. The number of amides is 1. The van der Waals surface area contributed by atoms with Gasteiger partial charge in [-0.1, -0.05) is 23.7 Å². The number of nitrogens with one attached hydrogen (secondary N) is 1. The van der Waals surface area contributed by atoms with E-state index < -0.39 is 67.2 Å². The number of fused-ring (bicyclic) bond motifs is 1. The van der Waals surface area contributed by atoms with Crippen molar-refractivity contribution in [1.29, 1.82) is 0 Å². The van der Waals surface area contributed by atoms with Gasteiger partial charge in [-0.05, 0) is 54.6 Å². The fourth-order valence-electron chi connectivity index (χ4n) is 3.60. The number of nitrogens with zero attached hydrogens (tertiary/aromatic N) is 1. The van der Waals surface area contributed by atoms with Crippen LogP contribution in [0.5, 0.6) is 0 Å². The number of ketones is 1. The zero-order valence-electron chi connectivity index (χ0n) is 18.4. The third-order valence-corrected chi connectivity index (χ3v) is 7.46. The number of hydrogen-bond donors (Lipinski definition) is 2. The van der Waals surface area contributed by atoms with Crippen molar-refractivity contribution in [2.45, 2.75) is 11.1 Å². The molecule has 0 saturated heterocycles. The van der Waals surface area contributed by atoms with Gasteiger partial charge < -0.3 is 10.4 Å². The van der Waals surface area contributed by atoms with Crippen LogP contribution in [0.15, 0.2) is 77.3 Å². The van der Waals surface area contributed by atoms with Crippen LogP contribution in [0.4, 0.5) is 23.2 Å². The van der Waals surface area contributed by atoms with Gasteiger partial charge in [0.1, 0.15) is 18.1 Å². The number of rotatable bonds is 4. The molecule has 0 atom stereocenters. The Balaban J connectivity index is 1.76. The van der Waals surface area contributed by atoms with Crippen molar-refractivity contribution in [2.75, 3.05) is 11.9 Å². The molecule has 1 heterocycles. The molecule has 1 aliphatic heterocycles. The van der Waals surface area contributed by atoms with E-state index in [2.05, 4.69) is 5.32 Å². The monoisotopic (exact) mass is 554 g/mol. The highest BCUT2D eigenvalue weighted by molar-refractivity contribution is 7.89. The minimum absolute atomic E-state index is 0.0702. The van der Waals surface area contributed by atoms with Crippen LogP contribution < -0.4 is 5.32 Å². The Morgan fingerprint density at radius 1 is 1.03 bits per heavy atom. The highest BCUT2D eigenvalue weighted by Crippen LogP contribution is 2.36. The van der Waals surface area contributed by atoms with Gasteiger partial charge in [0.25, 0.3) is 10.0 Å². The van der Waals surface area contributed by atoms with Gasteiger partial charge in [0.2, 0.25) is 11.7 Å². The quantitative estimate of drug-likeness (QED) is 0.260. The number of alkyl halides is 3. The van der Waals surface area contributed by atoms with Crippen LogP contribution in [0.25, 0.3) is 5.76 Å². The number of anilines is 1. The number of hydrogen-bond acceptors (Lipinski definition) is 5. The van der Waals surface area contributed by atoms with E-state index in [4.69, 9.17) is 11.6 Å². The largest absolute Gasteiger partial charge is 0.505 e. The van der Waals surface area contributed by atoms with Gasteiger partial charge in [-0.15, -0.1) is 0 Å². The Bertz CT molecular complexity index is 1550. The zero-order valence-corrected chi connectivity index (χ0v) is 20.0. The van der Waals surface area contributed by atoms with Crippen LogP contribution in [0.1, 0.15) is 21.5 Å². The average molecular weight is 555 g/mol. The topological polar surface area (TPSA) is 104 Å². The Kier molecular flexibility index (Phi) is 6.74. The van der Waals surface area contributed by atoms with E-state index >= 15 is 0 Å². The van der Waals surface area contributed by atoms with Crippen molar-refractivity contribution in [3.8, 4) is 0 Å². The summed E-state index contributed by atoms with van der Waals surface area (Å²) in [5.41, 5.74) is -2.28. The molecular weight excluding hydrogens is 540 g/mol. The van der Waals surface area contributed by atoms with Gasteiger partial charge in [0, 0.05) is 16.8 Å². The molecule has 0 unspecified atom stereocenters. The highest BCUT2D eigenvalue weighted by atomic mass is 35.5. The summed E-state index contributed by atoms with van der Waals surface area (Å²) in [6.45, 7) is -1.02. The van der Waals surface area contributed by atoms with Crippen molar-refractivity contribution in [3.05, 3.63) is 100.0 Å². The van der Waals surface area contributed by atoms with Crippen molar-refractivity contribution in [1.82, 2.24) is 4.31 Å². The van der Waals surface area contributed by atoms with E-state index in [0.29, 0.717) is 4.31 Å². The highest BCUT2D eigenvalue weighted by Gasteiger charge is 2.42. The molecule has 0 fully saturated rings. The van der Waals surface area contributed by atoms with Crippen LogP contribution in [-0.4, -0.2) is 36.1 Å².